The van der Waals surface area contributed by atoms with Crippen molar-refractivity contribution in [2.45, 2.75) is 45.3 Å². The Hall–Kier alpha value is -0.610. The van der Waals surface area contributed by atoms with E-state index in [1.54, 1.807) is 6.92 Å². The van der Waals surface area contributed by atoms with Gasteiger partial charge in [0.1, 0.15) is 0 Å². The minimum absolute atomic E-state index is 0.0492. The molecule has 3 N–H and O–H groups in total. The molecule has 0 radical (unpaired) electrons. The molecular weight excluding hydrogens is 192 g/mol. The maximum Gasteiger partial charge on any atom is 0.224 e. The van der Waals surface area contributed by atoms with E-state index in [1.807, 2.05) is 13.8 Å². The second-order valence-corrected chi connectivity index (χ2v) is 4.93. The minimum atomic E-state index is -0.547. The second kappa shape index (κ2) is 4.94. The Kier molecular flexibility index (Phi) is 4.11. The summed E-state index contributed by atoms with van der Waals surface area (Å²) >= 11 is 0. The van der Waals surface area contributed by atoms with E-state index in [0.717, 1.165) is 25.9 Å². The summed E-state index contributed by atoms with van der Waals surface area (Å²) in [5, 5.41) is 15.6. The number of aliphatic hydroxyl groups excluding tert-OH is 1. The monoisotopic (exact) mass is 214 g/mol. The quantitative estimate of drug-likeness (QED) is 0.631. The highest BCUT2D eigenvalue weighted by Crippen LogP contribution is 2.14. The topological polar surface area (TPSA) is 61.4 Å². The van der Waals surface area contributed by atoms with E-state index in [9.17, 15) is 9.90 Å². The van der Waals surface area contributed by atoms with Crippen LogP contribution in [-0.4, -0.2) is 35.7 Å². The Bertz CT molecular complexity index is 221. The van der Waals surface area contributed by atoms with Gasteiger partial charge in [-0.05, 0) is 40.2 Å². The molecule has 4 heteroatoms. The zero-order chi connectivity index (χ0) is 11.5. The first kappa shape index (κ1) is 12.5. The molecule has 1 amide bonds. The Morgan fingerprint density at radius 2 is 2.27 bits per heavy atom. The number of rotatable bonds is 3. The van der Waals surface area contributed by atoms with Crippen molar-refractivity contribution in [3.05, 3.63) is 0 Å². The van der Waals surface area contributed by atoms with Gasteiger partial charge >= 0.3 is 0 Å². The van der Waals surface area contributed by atoms with Crippen LogP contribution in [0.25, 0.3) is 0 Å². The molecular formula is C11H22N2O2. The van der Waals surface area contributed by atoms with E-state index < -0.39 is 11.6 Å². The van der Waals surface area contributed by atoms with Gasteiger partial charge in [0, 0.05) is 6.54 Å². The fourth-order valence-corrected chi connectivity index (χ4v) is 1.60. The van der Waals surface area contributed by atoms with Crippen molar-refractivity contribution in [2.75, 3.05) is 13.1 Å². The molecule has 1 saturated heterocycles. The van der Waals surface area contributed by atoms with Crippen molar-refractivity contribution in [3.8, 4) is 0 Å². The van der Waals surface area contributed by atoms with Crippen LogP contribution in [0.15, 0.2) is 0 Å². The van der Waals surface area contributed by atoms with Crippen LogP contribution in [0.1, 0.15) is 33.6 Å². The Balaban J connectivity index is 2.47. The molecule has 0 bridgehead atoms. The van der Waals surface area contributed by atoms with Crippen LogP contribution in [0.5, 0.6) is 0 Å². The molecule has 1 aliphatic rings. The Morgan fingerprint density at radius 3 is 2.73 bits per heavy atom. The zero-order valence-electron chi connectivity index (χ0n) is 9.84. The van der Waals surface area contributed by atoms with Gasteiger partial charge in [0.2, 0.25) is 5.91 Å². The van der Waals surface area contributed by atoms with Gasteiger partial charge in [0.25, 0.3) is 0 Å². The van der Waals surface area contributed by atoms with Crippen molar-refractivity contribution >= 4 is 5.91 Å². The largest absolute Gasteiger partial charge is 0.391 e. The van der Waals surface area contributed by atoms with E-state index in [2.05, 4.69) is 10.6 Å². The van der Waals surface area contributed by atoms with Gasteiger partial charge < -0.3 is 15.7 Å². The van der Waals surface area contributed by atoms with Gasteiger partial charge in [-0.1, -0.05) is 0 Å². The first-order valence-corrected chi connectivity index (χ1v) is 5.64. The zero-order valence-corrected chi connectivity index (χ0v) is 9.84. The predicted molar refractivity (Wildman–Crippen MR) is 59.5 cm³/mol. The van der Waals surface area contributed by atoms with Crippen LogP contribution in [0.2, 0.25) is 0 Å². The number of carbonyl (C=O) groups excluding carboxylic acids is 1. The average Bonchev–Trinajstić information content (AvgIpc) is 2.18. The van der Waals surface area contributed by atoms with E-state index in [0.29, 0.717) is 0 Å². The molecule has 0 saturated carbocycles. The SMILES string of the molecule is CC(O)C(C)(C)NC(=O)[C@@H]1CCCNC1. The van der Waals surface area contributed by atoms with Crippen LogP contribution in [0.4, 0.5) is 0 Å². The maximum atomic E-state index is 11.9. The van der Waals surface area contributed by atoms with Crippen LogP contribution in [-0.2, 0) is 4.79 Å². The average molecular weight is 214 g/mol. The fraction of sp³-hybridized carbons (Fsp3) is 0.909. The molecule has 0 aromatic rings. The highest BCUT2D eigenvalue weighted by Gasteiger charge is 2.29. The summed E-state index contributed by atoms with van der Waals surface area (Å²) < 4.78 is 0. The molecule has 0 aromatic carbocycles. The molecule has 2 atom stereocenters. The molecule has 0 aliphatic carbocycles. The smallest absolute Gasteiger partial charge is 0.224 e. The third-order valence-electron chi connectivity index (χ3n) is 3.16. The van der Waals surface area contributed by atoms with Crippen molar-refractivity contribution < 1.29 is 9.90 Å². The van der Waals surface area contributed by atoms with E-state index in [-0.39, 0.29) is 11.8 Å². The molecule has 1 heterocycles. The summed E-state index contributed by atoms with van der Waals surface area (Å²) in [7, 11) is 0. The third-order valence-corrected chi connectivity index (χ3v) is 3.16. The number of nitrogens with one attached hydrogen (secondary N) is 2. The molecule has 88 valence electrons. The maximum absolute atomic E-state index is 11.9. The lowest BCUT2D eigenvalue weighted by Gasteiger charge is -2.32. The lowest BCUT2D eigenvalue weighted by Crippen LogP contribution is -2.54. The van der Waals surface area contributed by atoms with Crippen molar-refractivity contribution in [3.63, 3.8) is 0 Å². The summed E-state index contributed by atoms with van der Waals surface area (Å²) in [4.78, 5) is 11.9. The van der Waals surface area contributed by atoms with Gasteiger partial charge in [-0.2, -0.15) is 0 Å². The summed E-state index contributed by atoms with van der Waals surface area (Å²) in [6.07, 6.45) is 1.44. The number of amides is 1. The van der Waals surface area contributed by atoms with E-state index >= 15 is 0 Å². The molecule has 1 rings (SSSR count). The van der Waals surface area contributed by atoms with Gasteiger partial charge in [-0.25, -0.2) is 0 Å². The summed E-state index contributed by atoms with van der Waals surface area (Å²) in [5.74, 6) is 0.102. The van der Waals surface area contributed by atoms with Gasteiger partial charge in [-0.15, -0.1) is 0 Å². The van der Waals surface area contributed by atoms with Crippen molar-refractivity contribution in [2.24, 2.45) is 5.92 Å². The first-order chi connectivity index (χ1) is 6.93. The Morgan fingerprint density at radius 1 is 1.60 bits per heavy atom. The van der Waals surface area contributed by atoms with E-state index in [4.69, 9.17) is 0 Å². The van der Waals surface area contributed by atoms with Gasteiger partial charge in [0.05, 0.1) is 17.6 Å². The molecule has 1 unspecified atom stereocenters. The van der Waals surface area contributed by atoms with E-state index in [1.165, 1.54) is 0 Å². The third kappa shape index (κ3) is 3.47. The highest BCUT2D eigenvalue weighted by molar-refractivity contribution is 5.79. The van der Waals surface area contributed by atoms with Crippen molar-refractivity contribution in [1.29, 1.82) is 0 Å². The number of carbonyl (C=O) groups is 1. The molecule has 0 aromatic heterocycles. The van der Waals surface area contributed by atoms with Gasteiger partial charge in [0.15, 0.2) is 0 Å². The van der Waals surface area contributed by atoms with Crippen molar-refractivity contribution in [1.82, 2.24) is 10.6 Å². The van der Waals surface area contributed by atoms with Gasteiger partial charge in [-0.3, -0.25) is 4.79 Å². The number of hydrogen-bond donors (Lipinski definition) is 3. The van der Waals surface area contributed by atoms with Crippen LogP contribution < -0.4 is 10.6 Å². The second-order valence-electron chi connectivity index (χ2n) is 4.93. The lowest BCUT2D eigenvalue weighted by atomic mass is 9.94. The standard InChI is InChI=1S/C11H22N2O2/c1-8(14)11(2,3)13-10(15)9-5-4-6-12-7-9/h8-9,12,14H,4-7H2,1-3H3,(H,13,15)/t8?,9-/m1/s1. The molecule has 15 heavy (non-hydrogen) atoms. The summed E-state index contributed by atoms with van der Waals surface area (Å²) in [6.45, 7) is 7.13. The normalized spacial score (nSPS) is 24.7. The molecule has 0 spiro atoms. The highest BCUT2D eigenvalue weighted by atomic mass is 16.3. The van der Waals surface area contributed by atoms with Crippen LogP contribution in [0, 0.1) is 5.92 Å². The number of aliphatic hydroxyl groups is 1. The molecule has 1 aliphatic heterocycles. The predicted octanol–water partition coefficient (Wildman–Crippen LogP) is 0.262. The molecule has 1 fully saturated rings. The number of piperidine rings is 1. The first-order valence-electron chi connectivity index (χ1n) is 5.64. The minimum Gasteiger partial charge on any atom is -0.391 e. The summed E-state index contributed by atoms with van der Waals surface area (Å²) in [6, 6.07) is 0. The fourth-order valence-electron chi connectivity index (χ4n) is 1.60. The lowest BCUT2D eigenvalue weighted by molar-refractivity contribution is -0.128. The Labute approximate surface area is 91.4 Å². The molecule has 4 nitrogen and oxygen atoms in total. The van der Waals surface area contributed by atoms with Crippen LogP contribution >= 0.6 is 0 Å². The summed E-state index contributed by atoms with van der Waals surface area (Å²) in [5.41, 5.74) is -0.547. The number of hydrogen-bond acceptors (Lipinski definition) is 3. The van der Waals surface area contributed by atoms with Crippen LogP contribution in [0.3, 0.4) is 0 Å².